The van der Waals surface area contributed by atoms with Crippen molar-refractivity contribution in [3.8, 4) is 11.3 Å². The van der Waals surface area contributed by atoms with Gasteiger partial charge in [0.15, 0.2) is 0 Å². The average molecular weight is 578 g/mol. The molecule has 2 aromatic heterocycles. The standard InChI is InChI=1S/C30H32ClN5O3S/c1-17-16-32-26-25-20-7-8-22(34-23(20)9-10-24(25)40-27(26)28(37)33-17)19-6-5-18(15-21(19)31)35-11-13-36(14-12-35)29(38)39-30(2,3)4/h5-10,15,17,32H,11-14,16H2,1-4H3,(H,33,37)/t17-/m1/s1. The first-order chi connectivity index (χ1) is 19.1. The number of fused-ring (bicyclic) bond motifs is 5. The number of piperazine rings is 1. The zero-order valence-corrected chi connectivity index (χ0v) is 24.6. The van der Waals surface area contributed by atoms with E-state index in [1.807, 2.05) is 58.0 Å². The van der Waals surface area contributed by atoms with Crippen LogP contribution in [-0.4, -0.2) is 66.3 Å². The SMILES string of the molecule is C[C@@H]1CNc2c(sc3ccc4nc(-c5ccc(N6CCN(C(=O)OC(C)(C)C)CC6)cc5Cl)ccc4c23)C(=O)N1. The molecule has 2 aliphatic heterocycles. The number of benzene rings is 2. The molecule has 2 aliphatic rings. The number of rotatable bonds is 2. The van der Waals surface area contributed by atoms with Crippen molar-refractivity contribution in [1.29, 1.82) is 0 Å². The van der Waals surface area contributed by atoms with Crippen molar-refractivity contribution in [3.63, 3.8) is 0 Å². The molecular formula is C30H32ClN5O3S. The lowest BCUT2D eigenvalue weighted by molar-refractivity contribution is 0.0240. The van der Waals surface area contributed by atoms with Gasteiger partial charge in [0.2, 0.25) is 0 Å². The Bertz CT molecular complexity index is 1640. The third-order valence-electron chi connectivity index (χ3n) is 7.22. The third kappa shape index (κ3) is 5.04. The highest BCUT2D eigenvalue weighted by Gasteiger charge is 2.27. The smallest absolute Gasteiger partial charge is 0.410 e. The molecule has 1 fully saturated rings. The minimum atomic E-state index is -0.505. The first-order valence-electron chi connectivity index (χ1n) is 13.5. The van der Waals surface area contributed by atoms with Gasteiger partial charge in [-0.1, -0.05) is 11.6 Å². The van der Waals surface area contributed by atoms with Crippen molar-refractivity contribution in [1.82, 2.24) is 15.2 Å². The van der Waals surface area contributed by atoms with Gasteiger partial charge >= 0.3 is 6.09 Å². The fraction of sp³-hybridized carbons (Fsp3) is 0.367. The highest BCUT2D eigenvalue weighted by atomic mass is 35.5. The summed E-state index contributed by atoms with van der Waals surface area (Å²) < 4.78 is 6.57. The predicted octanol–water partition coefficient (Wildman–Crippen LogP) is 6.37. The van der Waals surface area contributed by atoms with Crippen LogP contribution in [0.4, 0.5) is 16.2 Å². The summed E-state index contributed by atoms with van der Waals surface area (Å²) in [6, 6.07) is 14.2. The van der Waals surface area contributed by atoms with Gasteiger partial charge in [-0.3, -0.25) is 4.79 Å². The maximum atomic E-state index is 12.7. The molecule has 2 N–H and O–H groups in total. The molecule has 4 heterocycles. The first kappa shape index (κ1) is 26.7. The summed E-state index contributed by atoms with van der Waals surface area (Å²) in [6.07, 6.45) is -0.271. The quantitative estimate of drug-likeness (QED) is 0.288. The van der Waals surface area contributed by atoms with Crippen molar-refractivity contribution in [2.75, 3.05) is 42.9 Å². The normalized spacial score (nSPS) is 17.8. The molecule has 8 nitrogen and oxygen atoms in total. The molecular weight excluding hydrogens is 546 g/mol. The Kier molecular flexibility index (Phi) is 6.74. The Balaban J connectivity index is 1.24. The van der Waals surface area contributed by atoms with Crippen LogP contribution in [0.15, 0.2) is 42.5 Å². The van der Waals surface area contributed by atoms with Crippen LogP contribution in [0.3, 0.4) is 0 Å². The molecule has 0 aliphatic carbocycles. The van der Waals surface area contributed by atoms with E-state index in [1.165, 1.54) is 11.3 Å². The van der Waals surface area contributed by atoms with E-state index in [0.717, 1.165) is 43.6 Å². The number of hydrogen-bond donors (Lipinski definition) is 2. The highest BCUT2D eigenvalue weighted by Crippen LogP contribution is 2.41. The van der Waals surface area contributed by atoms with E-state index in [9.17, 15) is 9.59 Å². The maximum absolute atomic E-state index is 12.7. The van der Waals surface area contributed by atoms with Crippen LogP contribution in [0, 0.1) is 0 Å². The minimum Gasteiger partial charge on any atom is -0.444 e. The summed E-state index contributed by atoms with van der Waals surface area (Å²) in [4.78, 5) is 34.8. The summed E-state index contributed by atoms with van der Waals surface area (Å²) in [7, 11) is 0. The van der Waals surface area contributed by atoms with E-state index in [4.69, 9.17) is 21.3 Å². The van der Waals surface area contributed by atoms with E-state index >= 15 is 0 Å². The van der Waals surface area contributed by atoms with Crippen molar-refractivity contribution in [3.05, 3.63) is 52.4 Å². The number of halogens is 1. The van der Waals surface area contributed by atoms with Gasteiger partial charge in [-0.2, -0.15) is 0 Å². The van der Waals surface area contributed by atoms with Crippen LogP contribution in [-0.2, 0) is 4.74 Å². The summed E-state index contributed by atoms with van der Waals surface area (Å²) >= 11 is 8.31. The molecule has 208 valence electrons. The van der Waals surface area contributed by atoms with Crippen LogP contribution >= 0.6 is 22.9 Å². The van der Waals surface area contributed by atoms with E-state index in [2.05, 4.69) is 27.7 Å². The van der Waals surface area contributed by atoms with E-state index in [1.54, 1.807) is 4.90 Å². The molecule has 0 unspecified atom stereocenters. The number of carbonyl (C=O) groups excluding carboxylic acids is 2. The molecule has 2 aromatic carbocycles. The first-order valence-corrected chi connectivity index (χ1v) is 14.7. The number of pyridine rings is 1. The molecule has 0 bridgehead atoms. The molecule has 0 saturated carbocycles. The second-order valence-corrected chi connectivity index (χ2v) is 12.8. The van der Waals surface area contributed by atoms with Crippen molar-refractivity contribution >= 4 is 67.3 Å². The van der Waals surface area contributed by atoms with Gasteiger partial charge in [0, 0.05) is 65.5 Å². The highest BCUT2D eigenvalue weighted by molar-refractivity contribution is 7.21. The number of amides is 2. The molecule has 10 heteroatoms. The number of carbonyl (C=O) groups is 2. The zero-order valence-electron chi connectivity index (χ0n) is 23.0. The number of thiophene rings is 1. The van der Waals surface area contributed by atoms with Gasteiger partial charge in [-0.25, -0.2) is 9.78 Å². The van der Waals surface area contributed by atoms with Crippen LogP contribution in [0.1, 0.15) is 37.4 Å². The number of nitrogens with zero attached hydrogens (tertiary/aromatic N) is 3. The maximum Gasteiger partial charge on any atom is 0.410 e. The molecule has 1 atom stereocenters. The zero-order chi connectivity index (χ0) is 28.2. The van der Waals surface area contributed by atoms with Crippen molar-refractivity contribution < 1.29 is 14.3 Å². The van der Waals surface area contributed by atoms with E-state index in [-0.39, 0.29) is 18.0 Å². The summed E-state index contributed by atoms with van der Waals surface area (Å²) in [5, 5.41) is 9.18. The average Bonchev–Trinajstić information content (AvgIpc) is 3.23. The van der Waals surface area contributed by atoms with Gasteiger partial charge in [0.05, 0.1) is 21.9 Å². The predicted molar refractivity (Wildman–Crippen MR) is 163 cm³/mol. The molecule has 40 heavy (non-hydrogen) atoms. The third-order valence-corrected chi connectivity index (χ3v) is 8.68. The van der Waals surface area contributed by atoms with Gasteiger partial charge in [-0.15, -0.1) is 11.3 Å². The lowest BCUT2D eigenvalue weighted by Gasteiger charge is -2.36. The minimum absolute atomic E-state index is 0.0374. The Morgan fingerprint density at radius 3 is 2.60 bits per heavy atom. The Morgan fingerprint density at radius 2 is 1.88 bits per heavy atom. The van der Waals surface area contributed by atoms with E-state index in [0.29, 0.717) is 42.6 Å². The molecule has 0 radical (unpaired) electrons. The van der Waals surface area contributed by atoms with E-state index < -0.39 is 5.60 Å². The monoisotopic (exact) mass is 577 g/mol. The van der Waals surface area contributed by atoms with Gasteiger partial charge in [0.1, 0.15) is 10.5 Å². The van der Waals surface area contributed by atoms with Gasteiger partial charge < -0.3 is 25.2 Å². The molecule has 4 aromatic rings. The van der Waals surface area contributed by atoms with Crippen molar-refractivity contribution in [2.24, 2.45) is 0 Å². The number of ether oxygens (including phenoxy) is 1. The molecule has 6 rings (SSSR count). The lowest BCUT2D eigenvalue weighted by Crippen LogP contribution is -2.50. The number of hydrogen-bond acceptors (Lipinski definition) is 7. The topological polar surface area (TPSA) is 86.8 Å². The number of aromatic nitrogens is 1. The summed E-state index contributed by atoms with van der Waals surface area (Å²) in [6.45, 7) is 10.9. The molecule has 1 saturated heterocycles. The van der Waals surface area contributed by atoms with Gasteiger partial charge in [0.25, 0.3) is 5.91 Å². The Morgan fingerprint density at radius 1 is 1.10 bits per heavy atom. The number of anilines is 2. The summed E-state index contributed by atoms with van der Waals surface area (Å²) in [5.41, 5.74) is 3.89. The number of nitrogens with one attached hydrogen (secondary N) is 2. The summed E-state index contributed by atoms with van der Waals surface area (Å²) in [5.74, 6) is -0.0374. The van der Waals surface area contributed by atoms with Gasteiger partial charge in [-0.05, 0) is 70.2 Å². The van der Waals surface area contributed by atoms with Crippen LogP contribution in [0.5, 0.6) is 0 Å². The van der Waals surface area contributed by atoms with Crippen LogP contribution in [0.2, 0.25) is 5.02 Å². The lowest BCUT2D eigenvalue weighted by atomic mass is 10.1. The van der Waals surface area contributed by atoms with Crippen LogP contribution in [0.25, 0.3) is 32.2 Å². The second-order valence-electron chi connectivity index (χ2n) is 11.4. The molecule has 2 amide bonds. The largest absolute Gasteiger partial charge is 0.444 e. The molecule has 0 spiro atoms. The fourth-order valence-corrected chi connectivity index (χ4v) is 6.63. The van der Waals surface area contributed by atoms with Crippen LogP contribution < -0.4 is 15.5 Å². The Hall–Kier alpha value is -3.56. The second kappa shape index (κ2) is 10.1. The fourth-order valence-electron chi connectivity index (χ4n) is 5.26. The Labute approximate surface area is 242 Å². The van der Waals surface area contributed by atoms with Crippen molar-refractivity contribution in [2.45, 2.75) is 39.3 Å².